The number of nitrogens with one attached hydrogen (secondary N) is 3. The van der Waals surface area contributed by atoms with E-state index in [1.54, 1.807) is 20.3 Å². The number of hydrogen-bond donors (Lipinski definition) is 3. The highest BCUT2D eigenvalue weighted by atomic mass is 35.5. The summed E-state index contributed by atoms with van der Waals surface area (Å²) in [7, 11) is 3.17. The van der Waals surface area contributed by atoms with Gasteiger partial charge in [0.15, 0.2) is 5.82 Å². The van der Waals surface area contributed by atoms with Gasteiger partial charge >= 0.3 is 0 Å². The summed E-state index contributed by atoms with van der Waals surface area (Å²) in [6.07, 6.45) is 1.66. The van der Waals surface area contributed by atoms with E-state index in [0.717, 1.165) is 31.5 Å². The zero-order valence-electron chi connectivity index (χ0n) is 14.2. The molecular formula is C16H22ClN5O3. The van der Waals surface area contributed by atoms with Crippen molar-refractivity contribution in [1.82, 2.24) is 20.5 Å². The van der Waals surface area contributed by atoms with E-state index < -0.39 is 0 Å². The standard InChI is InChI=1S/C16H21N5O3.ClH/c1-23-11-3-4-12(13(9-11)24-2)14-18-16(21-20-14)19-15(22)10-5-7-17-8-6-10;/h3-4,9-10,17H,5-8H2,1-2H3,(H2,18,19,20,21,22);1H. The van der Waals surface area contributed by atoms with E-state index in [-0.39, 0.29) is 30.2 Å². The lowest BCUT2D eigenvalue weighted by atomic mass is 9.97. The Hall–Kier alpha value is -2.32. The van der Waals surface area contributed by atoms with Crippen LogP contribution in [0.3, 0.4) is 0 Å². The van der Waals surface area contributed by atoms with Gasteiger partial charge in [0.2, 0.25) is 11.9 Å². The largest absolute Gasteiger partial charge is 0.497 e. The molecule has 1 saturated heterocycles. The number of hydrogen-bond acceptors (Lipinski definition) is 6. The monoisotopic (exact) mass is 367 g/mol. The Labute approximate surface area is 152 Å². The second kappa shape index (κ2) is 8.68. The SMILES string of the molecule is COc1ccc(-c2nc(NC(=O)C3CCNCC3)n[nH]2)c(OC)c1.Cl. The molecule has 3 rings (SSSR count). The third-order valence-corrected chi connectivity index (χ3v) is 4.09. The molecule has 0 bridgehead atoms. The molecule has 0 spiro atoms. The smallest absolute Gasteiger partial charge is 0.249 e. The number of ether oxygens (including phenoxy) is 2. The van der Waals surface area contributed by atoms with Crippen LogP contribution >= 0.6 is 12.4 Å². The molecule has 0 atom stereocenters. The average Bonchev–Trinajstić information content (AvgIpc) is 3.10. The maximum Gasteiger partial charge on any atom is 0.249 e. The number of piperidine rings is 1. The number of H-pyrrole nitrogens is 1. The van der Waals surface area contributed by atoms with Crippen molar-refractivity contribution < 1.29 is 14.3 Å². The molecule has 1 fully saturated rings. The molecule has 25 heavy (non-hydrogen) atoms. The molecule has 0 aliphatic carbocycles. The first-order valence-electron chi connectivity index (χ1n) is 7.87. The molecule has 0 radical (unpaired) electrons. The number of amides is 1. The molecule has 0 saturated carbocycles. The summed E-state index contributed by atoms with van der Waals surface area (Å²) in [5.41, 5.74) is 0.744. The van der Waals surface area contributed by atoms with Crippen molar-refractivity contribution in [2.45, 2.75) is 12.8 Å². The minimum atomic E-state index is -0.0382. The lowest BCUT2D eigenvalue weighted by Crippen LogP contribution is -2.34. The van der Waals surface area contributed by atoms with Crippen LogP contribution in [0.1, 0.15) is 12.8 Å². The first kappa shape index (κ1) is 19.0. The van der Waals surface area contributed by atoms with E-state index >= 15 is 0 Å². The summed E-state index contributed by atoms with van der Waals surface area (Å²) < 4.78 is 10.5. The first-order valence-corrected chi connectivity index (χ1v) is 7.87. The summed E-state index contributed by atoms with van der Waals surface area (Å²) in [6, 6.07) is 5.41. The van der Waals surface area contributed by atoms with Gasteiger partial charge in [-0.05, 0) is 38.1 Å². The van der Waals surface area contributed by atoms with Crippen LogP contribution < -0.4 is 20.1 Å². The van der Waals surface area contributed by atoms with E-state index in [1.807, 2.05) is 12.1 Å². The van der Waals surface area contributed by atoms with Crippen LogP contribution in [-0.2, 0) is 4.79 Å². The number of benzene rings is 1. The number of carbonyl (C=O) groups is 1. The fourth-order valence-corrected chi connectivity index (χ4v) is 2.73. The fourth-order valence-electron chi connectivity index (χ4n) is 2.73. The van der Waals surface area contributed by atoms with E-state index in [9.17, 15) is 4.79 Å². The molecule has 2 heterocycles. The lowest BCUT2D eigenvalue weighted by Gasteiger charge is -2.20. The second-order valence-corrected chi connectivity index (χ2v) is 5.59. The van der Waals surface area contributed by atoms with Crippen LogP contribution in [0.2, 0.25) is 0 Å². The number of aromatic nitrogens is 3. The number of rotatable bonds is 5. The van der Waals surface area contributed by atoms with Gasteiger partial charge in [0, 0.05) is 12.0 Å². The van der Waals surface area contributed by atoms with Crippen molar-refractivity contribution in [2.75, 3.05) is 32.6 Å². The number of nitrogens with zero attached hydrogens (tertiary/aromatic N) is 2. The molecule has 3 N–H and O–H groups in total. The minimum Gasteiger partial charge on any atom is -0.497 e. The summed E-state index contributed by atoms with van der Waals surface area (Å²) >= 11 is 0. The molecule has 1 aliphatic heterocycles. The first-order chi connectivity index (χ1) is 11.7. The van der Waals surface area contributed by atoms with Gasteiger partial charge in [0.25, 0.3) is 0 Å². The Morgan fingerprint density at radius 1 is 1.24 bits per heavy atom. The topological polar surface area (TPSA) is 101 Å². The molecule has 1 amide bonds. The van der Waals surface area contributed by atoms with Crippen molar-refractivity contribution in [3.63, 3.8) is 0 Å². The Bertz CT molecular complexity index is 716. The zero-order valence-corrected chi connectivity index (χ0v) is 15.0. The Kier molecular flexibility index (Phi) is 6.60. The van der Waals surface area contributed by atoms with Gasteiger partial charge in [0.05, 0.1) is 19.8 Å². The van der Waals surface area contributed by atoms with E-state index in [1.165, 1.54) is 0 Å². The van der Waals surface area contributed by atoms with Crippen LogP contribution in [0.5, 0.6) is 11.5 Å². The molecule has 1 aromatic carbocycles. The third-order valence-electron chi connectivity index (χ3n) is 4.09. The summed E-state index contributed by atoms with van der Waals surface area (Å²) in [4.78, 5) is 16.6. The molecule has 0 unspecified atom stereocenters. The maximum atomic E-state index is 12.2. The van der Waals surface area contributed by atoms with Gasteiger partial charge in [-0.3, -0.25) is 15.2 Å². The van der Waals surface area contributed by atoms with Crippen LogP contribution in [0.4, 0.5) is 5.95 Å². The van der Waals surface area contributed by atoms with Crippen LogP contribution in [-0.4, -0.2) is 48.4 Å². The van der Waals surface area contributed by atoms with Crippen LogP contribution in [0.15, 0.2) is 18.2 Å². The van der Waals surface area contributed by atoms with Crippen molar-refractivity contribution in [1.29, 1.82) is 0 Å². The highest BCUT2D eigenvalue weighted by Gasteiger charge is 2.22. The molecule has 136 valence electrons. The highest BCUT2D eigenvalue weighted by Crippen LogP contribution is 2.31. The maximum absolute atomic E-state index is 12.2. The Balaban J connectivity index is 0.00000225. The van der Waals surface area contributed by atoms with Crippen molar-refractivity contribution >= 4 is 24.3 Å². The van der Waals surface area contributed by atoms with Crippen LogP contribution in [0.25, 0.3) is 11.4 Å². The normalized spacial score (nSPS) is 14.5. The predicted molar refractivity (Wildman–Crippen MR) is 96.4 cm³/mol. The molecule has 9 heteroatoms. The van der Waals surface area contributed by atoms with E-state index in [2.05, 4.69) is 25.8 Å². The van der Waals surface area contributed by atoms with Gasteiger partial charge in [-0.2, -0.15) is 4.98 Å². The molecular weight excluding hydrogens is 346 g/mol. The van der Waals surface area contributed by atoms with Gasteiger partial charge in [0.1, 0.15) is 11.5 Å². The Morgan fingerprint density at radius 2 is 2.00 bits per heavy atom. The van der Waals surface area contributed by atoms with Crippen LogP contribution in [0, 0.1) is 5.92 Å². The van der Waals surface area contributed by atoms with Gasteiger partial charge in [-0.25, -0.2) is 0 Å². The van der Waals surface area contributed by atoms with E-state index in [4.69, 9.17) is 9.47 Å². The third kappa shape index (κ3) is 4.40. The van der Waals surface area contributed by atoms with Gasteiger partial charge < -0.3 is 14.8 Å². The number of aromatic amines is 1. The summed E-state index contributed by atoms with van der Waals surface area (Å²) in [6.45, 7) is 1.72. The number of carbonyl (C=O) groups excluding carboxylic acids is 1. The summed E-state index contributed by atoms with van der Waals surface area (Å²) in [5, 5.41) is 12.9. The van der Waals surface area contributed by atoms with Gasteiger partial charge in [-0.15, -0.1) is 17.5 Å². The summed E-state index contributed by atoms with van der Waals surface area (Å²) in [5.74, 6) is 2.06. The molecule has 2 aromatic rings. The number of halogens is 1. The Morgan fingerprint density at radius 3 is 2.68 bits per heavy atom. The van der Waals surface area contributed by atoms with E-state index in [0.29, 0.717) is 17.3 Å². The predicted octanol–water partition coefficient (Wildman–Crippen LogP) is 1.85. The quantitative estimate of drug-likeness (QED) is 0.745. The molecule has 8 nitrogen and oxygen atoms in total. The molecule has 1 aromatic heterocycles. The second-order valence-electron chi connectivity index (χ2n) is 5.59. The highest BCUT2D eigenvalue weighted by molar-refractivity contribution is 5.91. The van der Waals surface area contributed by atoms with Crippen molar-refractivity contribution in [2.24, 2.45) is 5.92 Å². The number of methoxy groups -OCH3 is 2. The number of anilines is 1. The van der Waals surface area contributed by atoms with Crippen molar-refractivity contribution in [3.8, 4) is 22.9 Å². The van der Waals surface area contributed by atoms with Crippen molar-refractivity contribution in [3.05, 3.63) is 18.2 Å². The lowest BCUT2D eigenvalue weighted by molar-refractivity contribution is -0.120. The molecule has 1 aliphatic rings. The fraction of sp³-hybridized carbons (Fsp3) is 0.438. The minimum absolute atomic E-state index is 0. The zero-order chi connectivity index (χ0) is 16.9. The average molecular weight is 368 g/mol. The van der Waals surface area contributed by atoms with Gasteiger partial charge in [-0.1, -0.05) is 0 Å².